The third-order valence-electron chi connectivity index (χ3n) is 3.94. The fraction of sp³-hybridized carbons (Fsp3) is 0.0476. The van der Waals surface area contributed by atoms with Crippen LogP contribution in [0.5, 0.6) is 5.75 Å². The zero-order chi connectivity index (χ0) is 19.2. The van der Waals surface area contributed by atoms with Crippen molar-refractivity contribution in [3.05, 3.63) is 89.8 Å². The van der Waals surface area contributed by atoms with Crippen LogP contribution in [-0.2, 0) is 6.61 Å². The third kappa shape index (κ3) is 4.21. The van der Waals surface area contributed by atoms with E-state index in [-0.39, 0.29) is 11.6 Å². The van der Waals surface area contributed by atoms with Gasteiger partial charge in [-0.1, -0.05) is 42.5 Å². The normalized spacial score (nSPS) is 10.4. The molecule has 2 aromatic carbocycles. The molecule has 2 heterocycles. The van der Waals surface area contributed by atoms with Gasteiger partial charge in [0.05, 0.1) is 0 Å². The van der Waals surface area contributed by atoms with E-state index in [0.29, 0.717) is 17.4 Å². The Bertz CT molecular complexity index is 1050. The number of carbonyl (C=O) groups excluding carboxylic acids is 1. The Morgan fingerprint density at radius 2 is 1.71 bits per heavy atom. The molecule has 0 saturated carbocycles. The Hall–Kier alpha value is -3.58. The predicted molar refractivity (Wildman–Crippen MR) is 108 cm³/mol. The topological polar surface area (TPSA) is 77.0 Å². The molecule has 0 saturated heterocycles. The molecule has 7 heteroatoms. The summed E-state index contributed by atoms with van der Waals surface area (Å²) >= 11 is 1.35. The lowest BCUT2D eigenvalue weighted by molar-refractivity contribution is 0.102. The number of anilines is 1. The van der Waals surface area contributed by atoms with Crippen LogP contribution in [-0.4, -0.2) is 20.9 Å². The largest absolute Gasteiger partial charge is 0.489 e. The van der Waals surface area contributed by atoms with Gasteiger partial charge in [0.2, 0.25) is 0 Å². The van der Waals surface area contributed by atoms with E-state index < -0.39 is 0 Å². The van der Waals surface area contributed by atoms with Gasteiger partial charge in [-0.3, -0.25) is 15.1 Å². The molecule has 4 aromatic rings. The van der Waals surface area contributed by atoms with Crippen molar-refractivity contribution >= 4 is 22.4 Å². The number of nitrogens with zero attached hydrogens (tertiary/aromatic N) is 3. The lowest BCUT2D eigenvalue weighted by Crippen LogP contribution is -2.15. The summed E-state index contributed by atoms with van der Waals surface area (Å²) in [5, 5.41) is 5.06. The average Bonchev–Trinajstić information content (AvgIpc) is 3.26. The van der Waals surface area contributed by atoms with Gasteiger partial charge in [0.1, 0.15) is 18.1 Å². The van der Waals surface area contributed by atoms with Gasteiger partial charge in [-0.2, -0.15) is 0 Å². The minimum atomic E-state index is -0.338. The number of hydrogen-bond acceptors (Lipinski definition) is 6. The van der Waals surface area contributed by atoms with Gasteiger partial charge >= 0.3 is 0 Å². The predicted octanol–water partition coefficient (Wildman–Crippen LogP) is 4.43. The van der Waals surface area contributed by atoms with Gasteiger partial charge in [0.25, 0.3) is 5.91 Å². The molecule has 28 heavy (non-hydrogen) atoms. The summed E-state index contributed by atoms with van der Waals surface area (Å²) in [5.74, 6) is 0.483. The standard InChI is InChI=1S/C21H16N4O2S/c26-20(25-21-24-12-13-28-21)19-18(22-10-11-23-19)16-8-6-15(7-9-16)14-27-17-4-2-1-3-5-17/h1-13H,14H2,(H,24,25,26). The fourth-order valence-corrected chi connectivity index (χ4v) is 3.12. The molecule has 1 N–H and O–H groups in total. The summed E-state index contributed by atoms with van der Waals surface area (Å²) in [6, 6.07) is 17.4. The first-order valence-corrected chi connectivity index (χ1v) is 9.46. The van der Waals surface area contributed by atoms with Gasteiger partial charge in [0, 0.05) is 29.5 Å². The SMILES string of the molecule is O=C(Nc1nccs1)c1nccnc1-c1ccc(COc2ccccc2)cc1. The van der Waals surface area contributed by atoms with Crippen LogP contribution < -0.4 is 10.1 Å². The number of thiazole rings is 1. The van der Waals surface area contributed by atoms with Gasteiger partial charge in [-0.15, -0.1) is 11.3 Å². The second kappa shape index (κ2) is 8.41. The molecule has 0 aliphatic heterocycles. The average molecular weight is 388 g/mol. The van der Waals surface area contributed by atoms with Gasteiger partial charge in [-0.05, 0) is 17.7 Å². The minimum Gasteiger partial charge on any atom is -0.489 e. The number of ether oxygens (including phenoxy) is 1. The van der Waals surface area contributed by atoms with Crippen LogP contribution >= 0.6 is 11.3 Å². The number of rotatable bonds is 6. The number of aromatic nitrogens is 3. The van der Waals surface area contributed by atoms with Crippen LogP contribution in [0.25, 0.3) is 11.3 Å². The fourth-order valence-electron chi connectivity index (χ4n) is 2.60. The summed E-state index contributed by atoms with van der Waals surface area (Å²) in [7, 11) is 0. The van der Waals surface area contributed by atoms with E-state index in [2.05, 4.69) is 20.3 Å². The summed E-state index contributed by atoms with van der Waals surface area (Å²) in [6.07, 6.45) is 4.71. The Kier molecular flexibility index (Phi) is 5.35. The number of carbonyl (C=O) groups is 1. The van der Waals surface area contributed by atoms with Crippen molar-refractivity contribution in [3.63, 3.8) is 0 Å². The van der Waals surface area contributed by atoms with Gasteiger partial charge < -0.3 is 4.74 Å². The van der Waals surface area contributed by atoms with Crippen molar-refractivity contribution in [1.82, 2.24) is 15.0 Å². The van der Waals surface area contributed by atoms with Crippen LogP contribution in [0.2, 0.25) is 0 Å². The molecule has 6 nitrogen and oxygen atoms in total. The highest BCUT2D eigenvalue weighted by atomic mass is 32.1. The van der Waals surface area contributed by atoms with Crippen molar-refractivity contribution in [1.29, 1.82) is 0 Å². The molecule has 0 radical (unpaired) electrons. The number of nitrogens with one attached hydrogen (secondary N) is 1. The van der Waals surface area contributed by atoms with Crippen molar-refractivity contribution in [2.45, 2.75) is 6.61 Å². The number of hydrogen-bond donors (Lipinski definition) is 1. The molecule has 0 aliphatic rings. The Morgan fingerprint density at radius 3 is 2.46 bits per heavy atom. The summed E-state index contributed by atoms with van der Waals surface area (Å²) < 4.78 is 5.76. The Morgan fingerprint density at radius 1 is 0.929 bits per heavy atom. The summed E-state index contributed by atoms with van der Waals surface area (Å²) in [5.41, 5.74) is 2.60. The van der Waals surface area contributed by atoms with Crippen LogP contribution in [0.1, 0.15) is 16.1 Å². The maximum Gasteiger partial charge on any atom is 0.278 e. The summed E-state index contributed by atoms with van der Waals surface area (Å²) in [4.78, 5) is 25.2. The second-order valence-corrected chi connectivity index (χ2v) is 6.74. The van der Waals surface area contributed by atoms with Crippen LogP contribution in [0, 0.1) is 0 Å². The Balaban J connectivity index is 1.50. The molecule has 1 amide bonds. The molecule has 0 unspecified atom stereocenters. The molecule has 0 bridgehead atoms. The summed E-state index contributed by atoms with van der Waals surface area (Å²) in [6.45, 7) is 0.460. The van der Waals surface area contributed by atoms with E-state index in [1.165, 1.54) is 17.5 Å². The molecular formula is C21H16N4O2S. The third-order valence-corrected chi connectivity index (χ3v) is 4.63. The van der Waals surface area contributed by atoms with Crippen LogP contribution in [0.3, 0.4) is 0 Å². The van der Waals surface area contributed by atoms with E-state index in [4.69, 9.17) is 4.74 Å². The van der Waals surface area contributed by atoms with Crippen LogP contribution in [0.4, 0.5) is 5.13 Å². The van der Waals surface area contributed by atoms with E-state index in [1.54, 1.807) is 17.8 Å². The molecule has 0 fully saturated rings. The monoisotopic (exact) mass is 388 g/mol. The van der Waals surface area contributed by atoms with E-state index >= 15 is 0 Å². The first kappa shape index (κ1) is 17.8. The van der Waals surface area contributed by atoms with Gasteiger partial charge in [-0.25, -0.2) is 9.97 Å². The van der Waals surface area contributed by atoms with Crippen LogP contribution in [0.15, 0.2) is 78.6 Å². The number of benzene rings is 2. The zero-order valence-electron chi connectivity index (χ0n) is 14.8. The quantitative estimate of drug-likeness (QED) is 0.529. The molecule has 2 aromatic heterocycles. The van der Waals surface area contributed by atoms with Crippen molar-refractivity contribution in [2.75, 3.05) is 5.32 Å². The van der Waals surface area contributed by atoms with E-state index in [9.17, 15) is 4.79 Å². The second-order valence-electron chi connectivity index (χ2n) is 5.84. The smallest absolute Gasteiger partial charge is 0.278 e. The highest BCUT2D eigenvalue weighted by molar-refractivity contribution is 7.13. The van der Waals surface area contributed by atoms with Gasteiger partial charge in [0.15, 0.2) is 10.8 Å². The maximum absolute atomic E-state index is 12.6. The molecule has 138 valence electrons. The highest BCUT2D eigenvalue weighted by Gasteiger charge is 2.16. The van der Waals surface area contributed by atoms with E-state index in [1.807, 2.05) is 54.6 Å². The highest BCUT2D eigenvalue weighted by Crippen LogP contribution is 2.22. The minimum absolute atomic E-state index is 0.256. The molecule has 0 aliphatic carbocycles. The number of amides is 1. The first-order valence-electron chi connectivity index (χ1n) is 8.58. The van der Waals surface area contributed by atoms with Crippen molar-refractivity contribution in [3.8, 4) is 17.0 Å². The van der Waals surface area contributed by atoms with Crippen molar-refractivity contribution < 1.29 is 9.53 Å². The van der Waals surface area contributed by atoms with Crippen molar-refractivity contribution in [2.24, 2.45) is 0 Å². The molecule has 4 rings (SSSR count). The lowest BCUT2D eigenvalue weighted by Gasteiger charge is -2.09. The molecule has 0 spiro atoms. The first-order chi connectivity index (χ1) is 13.8. The number of para-hydroxylation sites is 1. The van der Waals surface area contributed by atoms with E-state index in [0.717, 1.165) is 16.9 Å². The molecular weight excluding hydrogens is 372 g/mol. The Labute approximate surface area is 165 Å². The zero-order valence-corrected chi connectivity index (χ0v) is 15.6. The maximum atomic E-state index is 12.6. The lowest BCUT2D eigenvalue weighted by atomic mass is 10.1. The molecule has 0 atom stereocenters.